The van der Waals surface area contributed by atoms with Gasteiger partial charge < -0.3 is 20.1 Å². The molecule has 1 unspecified atom stereocenters. The number of nitrogens with one attached hydrogen (secondary N) is 2. The minimum atomic E-state index is -2.97. The Hall–Kier alpha value is -3.00. The molecule has 1 heterocycles. The van der Waals surface area contributed by atoms with Crippen LogP contribution in [0.3, 0.4) is 0 Å². The van der Waals surface area contributed by atoms with Gasteiger partial charge in [0.2, 0.25) is 0 Å². The van der Waals surface area contributed by atoms with E-state index in [1.807, 2.05) is 6.07 Å². The van der Waals surface area contributed by atoms with Gasteiger partial charge in [-0.3, -0.25) is 4.79 Å². The second-order valence-electron chi connectivity index (χ2n) is 6.05. The van der Waals surface area contributed by atoms with Crippen molar-refractivity contribution in [1.82, 2.24) is 10.6 Å². The summed E-state index contributed by atoms with van der Waals surface area (Å²) < 4.78 is 34.8. The first-order valence-corrected chi connectivity index (χ1v) is 8.82. The van der Waals surface area contributed by atoms with Crippen LogP contribution in [-0.4, -0.2) is 24.6 Å². The number of carbonyl (C=O) groups is 1. The van der Waals surface area contributed by atoms with Gasteiger partial charge in [-0.2, -0.15) is 8.78 Å². The van der Waals surface area contributed by atoms with Crippen molar-refractivity contribution in [2.24, 2.45) is 0 Å². The molecule has 0 fully saturated rings. The molecule has 2 aromatic rings. The van der Waals surface area contributed by atoms with E-state index in [1.165, 1.54) is 13.2 Å². The molecule has 5 nitrogen and oxygen atoms in total. The van der Waals surface area contributed by atoms with E-state index >= 15 is 0 Å². The quantitative estimate of drug-likeness (QED) is 0.561. The van der Waals surface area contributed by atoms with Crippen molar-refractivity contribution < 1.29 is 23.0 Å². The average molecular weight is 404 g/mol. The van der Waals surface area contributed by atoms with E-state index in [1.54, 1.807) is 43.3 Å². The van der Waals surface area contributed by atoms with Gasteiger partial charge in [-0.1, -0.05) is 36.4 Å². The van der Waals surface area contributed by atoms with Crippen LogP contribution in [0, 0.1) is 0 Å². The Morgan fingerprint density at radius 3 is 2.50 bits per heavy atom. The molecule has 2 N–H and O–H groups in total. The summed E-state index contributed by atoms with van der Waals surface area (Å²) in [6.07, 6.45) is 0. The Balaban J connectivity index is 2.04. The molecule has 0 aromatic heterocycles. The van der Waals surface area contributed by atoms with Gasteiger partial charge >= 0.3 is 6.61 Å². The summed E-state index contributed by atoms with van der Waals surface area (Å²) in [5, 5.41) is 6.40. The van der Waals surface area contributed by atoms with Crippen LogP contribution in [0.2, 0.25) is 0 Å². The van der Waals surface area contributed by atoms with Gasteiger partial charge in [0.25, 0.3) is 0 Å². The number of hydrogen-bond acceptors (Lipinski definition) is 4. The van der Waals surface area contributed by atoms with E-state index in [9.17, 15) is 13.6 Å². The third kappa shape index (κ3) is 4.12. The first kappa shape index (κ1) is 19.8. The third-order valence-corrected chi connectivity index (χ3v) is 4.51. The number of hydrogen-bond donors (Lipinski definition) is 2. The maximum absolute atomic E-state index is 13.1. The molecular formula is C20H18F2N2O3S. The van der Waals surface area contributed by atoms with E-state index in [0.29, 0.717) is 27.5 Å². The Bertz CT molecular complexity index is 932. The molecule has 0 radical (unpaired) electrons. The molecule has 146 valence electrons. The lowest BCUT2D eigenvalue weighted by atomic mass is 9.89. The number of rotatable bonds is 6. The van der Waals surface area contributed by atoms with Crippen molar-refractivity contribution >= 4 is 23.1 Å². The maximum atomic E-state index is 13.1. The van der Waals surface area contributed by atoms with Crippen LogP contribution in [-0.2, 0) is 0 Å². The predicted octanol–water partition coefficient (Wildman–Crippen LogP) is 3.97. The Labute approximate surface area is 166 Å². The Kier molecular flexibility index (Phi) is 5.89. The summed E-state index contributed by atoms with van der Waals surface area (Å²) >= 11 is 5.24. The summed E-state index contributed by atoms with van der Waals surface area (Å²) in [5.74, 6) is -0.125. The summed E-state index contributed by atoms with van der Waals surface area (Å²) in [4.78, 5) is 13.1. The highest BCUT2D eigenvalue weighted by atomic mass is 32.1. The van der Waals surface area contributed by atoms with Crippen LogP contribution in [0.5, 0.6) is 11.5 Å². The first-order valence-electron chi connectivity index (χ1n) is 8.41. The van der Waals surface area contributed by atoms with E-state index < -0.39 is 12.7 Å². The molecule has 1 aliphatic heterocycles. The molecular weight excluding hydrogens is 386 g/mol. The normalized spacial score (nSPS) is 16.5. The monoisotopic (exact) mass is 404 g/mol. The summed E-state index contributed by atoms with van der Waals surface area (Å²) in [6.45, 7) is -1.20. The zero-order valence-corrected chi connectivity index (χ0v) is 16.0. The molecule has 1 atom stereocenters. The van der Waals surface area contributed by atoms with E-state index in [-0.39, 0.29) is 17.3 Å². The number of halogens is 2. The lowest BCUT2D eigenvalue weighted by Crippen LogP contribution is -2.44. The zero-order valence-electron chi connectivity index (χ0n) is 15.2. The van der Waals surface area contributed by atoms with Crippen LogP contribution >= 0.6 is 12.2 Å². The van der Waals surface area contributed by atoms with Crippen molar-refractivity contribution in [1.29, 1.82) is 0 Å². The van der Waals surface area contributed by atoms with Crippen LogP contribution < -0.4 is 20.1 Å². The Morgan fingerprint density at radius 2 is 1.86 bits per heavy atom. The van der Waals surface area contributed by atoms with Crippen LogP contribution in [0.1, 0.15) is 28.9 Å². The van der Waals surface area contributed by atoms with Gasteiger partial charge in [-0.15, -0.1) is 0 Å². The van der Waals surface area contributed by atoms with Crippen LogP contribution in [0.4, 0.5) is 8.78 Å². The van der Waals surface area contributed by atoms with Crippen molar-refractivity contribution in [3.8, 4) is 11.5 Å². The highest BCUT2D eigenvalue weighted by molar-refractivity contribution is 7.80. The molecule has 0 saturated heterocycles. The predicted molar refractivity (Wildman–Crippen MR) is 105 cm³/mol. The van der Waals surface area contributed by atoms with E-state index in [0.717, 1.165) is 0 Å². The highest BCUT2D eigenvalue weighted by Crippen LogP contribution is 2.35. The Morgan fingerprint density at radius 1 is 1.14 bits per heavy atom. The maximum Gasteiger partial charge on any atom is 0.387 e. The number of alkyl halides is 2. The van der Waals surface area contributed by atoms with Crippen molar-refractivity contribution in [3.05, 3.63) is 70.9 Å². The summed E-state index contributed by atoms with van der Waals surface area (Å²) in [6, 6.07) is 12.8. The molecule has 1 aliphatic rings. The number of ether oxygens (including phenoxy) is 2. The van der Waals surface area contributed by atoms with Gasteiger partial charge in [0.1, 0.15) is 0 Å². The topological polar surface area (TPSA) is 59.6 Å². The van der Waals surface area contributed by atoms with Gasteiger partial charge in [0, 0.05) is 16.8 Å². The van der Waals surface area contributed by atoms with E-state index in [2.05, 4.69) is 15.4 Å². The standard InChI is InChI=1S/C20H18F2N2O3S/c1-11-16(18(25)12-6-4-3-5-7-12)17(24-20(28)23-11)13-8-9-14(27-19(21)22)15(10-13)26-2/h3-10,17,19H,1-2H3,(H2,23,24,28). The van der Waals surface area contributed by atoms with Gasteiger partial charge in [0.15, 0.2) is 22.4 Å². The lowest BCUT2D eigenvalue weighted by Gasteiger charge is -2.30. The fourth-order valence-electron chi connectivity index (χ4n) is 3.05. The van der Waals surface area contributed by atoms with Gasteiger partial charge in [-0.05, 0) is 36.8 Å². The molecule has 8 heteroatoms. The van der Waals surface area contributed by atoms with Crippen molar-refractivity contribution in [3.63, 3.8) is 0 Å². The molecule has 0 amide bonds. The van der Waals surface area contributed by atoms with Crippen molar-refractivity contribution in [2.45, 2.75) is 19.6 Å². The average Bonchev–Trinajstić information content (AvgIpc) is 2.67. The summed E-state index contributed by atoms with van der Waals surface area (Å²) in [7, 11) is 1.36. The third-order valence-electron chi connectivity index (χ3n) is 4.29. The summed E-state index contributed by atoms with van der Waals surface area (Å²) in [5.41, 5.74) is 2.25. The van der Waals surface area contributed by atoms with Gasteiger partial charge in [-0.25, -0.2) is 0 Å². The molecule has 2 aromatic carbocycles. The highest BCUT2D eigenvalue weighted by Gasteiger charge is 2.31. The van der Waals surface area contributed by atoms with E-state index in [4.69, 9.17) is 17.0 Å². The number of thiocarbonyl (C=S) groups is 1. The van der Waals surface area contributed by atoms with Crippen molar-refractivity contribution in [2.75, 3.05) is 7.11 Å². The van der Waals surface area contributed by atoms with Crippen LogP contribution in [0.25, 0.3) is 0 Å². The molecule has 0 aliphatic carbocycles. The number of ketones is 1. The first-order chi connectivity index (χ1) is 13.4. The second-order valence-corrected chi connectivity index (χ2v) is 6.46. The molecule has 0 bridgehead atoms. The fourth-order valence-corrected chi connectivity index (χ4v) is 3.32. The lowest BCUT2D eigenvalue weighted by molar-refractivity contribution is -0.0512. The second kappa shape index (κ2) is 8.35. The number of carbonyl (C=O) groups excluding carboxylic acids is 1. The largest absolute Gasteiger partial charge is 0.493 e. The minimum absolute atomic E-state index is 0.0885. The zero-order chi connectivity index (χ0) is 20.3. The number of methoxy groups -OCH3 is 1. The SMILES string of the molecule is COc1cc(C2NC(=S)NC(C)=C2C(=O)c2ccccc2)ccc1OC(F)F. The minimum Gasteiger partial charge on any atom is -0.493 e. The molecule has 28 heavy (non-hydrogen) atoms. The number of benzene rings is 2. The fraction of sp³-hybridized carbons (Fsp3) is 0.200. The van der Waals surface area contributed by atoms with Crippen LogP contribution in [0.15, 0.2) is 59.8 Å². The number of Topliss-reactive ketones (excluding diaryl/α,β-unsaturated/α-hetero) is 1. The molecule has 3 rings (SSSR count). The number of allylic oxidation sites excluding steroid dienone is 1. The smallest absolute Gasteiger partial charge is 0.387 e. The molecule has 0 saturated carbocycles. The van der Waals surface area contributed by atoms with Gasteiger partial charge in [0.05, 0.1) is 13.2 Å². The molecule has 0 spiro atoms.